The van der Waals surface area contributed by atoms with E-state index < -0.39 is 58.7 Å². The van der Waals surface area contributed by atoms with Crippen LogP contribution in [0.15, 0.2) is 12.5 Å². The van der Waals surface area contributed by atoms with E-state index in [0.717, 1.165) is 0 Å². The third kappa shape index (κ3) is 5.04. The standard InChI is InChI=1S/C15H20BF2N4O12P3/c1-14(24)10(23)8(5-32-37(16,30)34-36(28,29)15(17,18)35(25,26)27)33-13(14)22-4-7-2-3-31-21-11-9(7)12(22)20-6-19-11/h4,6,8,10,13,23-24H,2-3,5H2,1H3,(H,28,29)(H,19,20,21)(H2,25,26,27)/t8-,10-,13-,14-,37?/m1/s1. The SMILES string of the molecule is [B]P(=O)(OC[C@H]1O[C@@H](n2cc3c4c(ncnc42)NOCC3)[C@](C)(O)[C@@H]1O)OP(=O)(O)C(F)(F)P(=O)(O)O. The molecule has 0 bridgehead atoms. The number of hydrogen-bond donors (Lipinski definition) is 6. The minimum absolute atomic E-state index is 0.276. The molecule has 0 aromatic carbocycles. The Morgan fingerprint density at radius 3 is 2.65 bits per heavy atom. The number of anilines is 1. The third-order valence-electron chi connectivity index (χ3n) is 5.67. The first kappa shape index (κ1) is 28.7. The van der Waals surface area contributed by atoms with E-state index in [2.05, 4.69) is 24.3 Å². The average Bonchev–Trinajstić information content (AvgIpc) is 3.13. The van der Waals surface area contributed by atoms with Gasteiger partial charge in [0.05, 0.1) is 18.6 Å². The molecule has 2 aromatic rings. The summed E-state index contributed by atoms with van der Waals surface area (Å²) in [5.74, 6) is 0.344. The molecule has 1 saturated heterocycles. The van der Waals surface area contributed by atoms with Gasteiger partial charge in [0.2, 0.25) is 7.57 Å². The molecule has 2 radical (unpaired) electrons. The molecule has 2 aromatic heterocycles. The zero-order chi connectivity index (χ0) is 27.6. The molecule has 6 atom stereocenters. The first-order valence-electron chi connectivity index (χ1n) is 10.2. The molecule has 16 nitrogen and oxygen atoms in total. The molecule has 1 fully saturated rings. The fraction of sp³-hybridized carbons (Fsp3) is 0.600. The van der Waals surface area contributed by atoms with Gasteiger partial charge in [0, 0.05) is 12.6 Å². The lowest BCUT2D eigenvalue weighted by Gasteiger charge is -2.28. The summed E-state index contributed by atoms with van der Waals surface area (Å²) in [6.07, 6.45) is -1.43. The van der Waals surface area contributed by atoms with Crippen molar-refractivity contribution in [3.05, 3.63) is 18.1 Å². The van der Waals surface area contributed by atoms with Gasteiger partial charge in [0.25, 0.3) is 7.47 Å². The van der Waals surface area contributed by atoms with E-state index in [9.17, 15) is 37.6 Å². The number of aromatic nitrogens is 3. The quantitative estimate of drug-likeness (QED) is 0.182. The Balaban J connectivity index is 1.55. The molecule has 6 N–H and O–H groups in total. The molecule has 22 heteroatoms. The Morgan fingerprint density at radius 2 is 2.00 bits per heavy atom. The summed E-state index contributed by atoms with van der Waals surface area (Å²) in [5.41, 5.74) is 1.62. The molecule has 4 rings (SSSR count). The highest BCUT2D eigenvalue weighted by Crippen LogP contribution is 2.77. The number of rotatable bonds is 8. The second kappa shape index (κ2) is 9.40. The third-order valence-corrected chi connectivity index (χ3v) is 10.9. The van der Waals surface area contributed by atoms with Crippen molar-refractivity contribution in [1.29, 1.82) is 0 Å². The van der Waals surface area contributed by atoms with Gasteiger partial charge >= 0.3 is 20.6 Å². The average molecular weight is 590 g/mol. The number of aliphatic hydroxyl groups excluding tert-OH is 1. The lowest BCUT2D eigenvalue weighted by molar-refractivity contribution is -0.0946. The highest BCUT2D eigenvalue weighted by Gasteiger charge is 2.66. The molecular formula is C15H20BF2N4O12P3. The van der Waals surface area contributed by atoms with E-state index in [1.54, 1.807) is 6.20 Å². The number of nitrogens with zero attached hydrogens (tertiary/aromatic N) is 3. The fourth-order valence-corrected chi connectivity index (χ4v) is 7.65. The smallest absolute Gasteiger partial charge is 0.387 e. The van der Waals surface area contributed by atoms with Gasteiger partial charge in [-0.2, -0.15) is 8.78 Å². The summed E-state index contributed by atoms with van der Waals surface area (Å²) in [6, 6.07) is 0. The normalized spacial score (nSPS) is 29.9. The van der Waals surface area contributed by atoms with Crippen molar-refractivity contribution < 1.29 is 65.8 Å². The Labute approximate surface area is 207 Å². The lowest BCUT2D eigenvalue weighted by atomic mass is 9.96. The monoisotopic (exact) mass is 590 g/mol. The van der Waals surface area contributed by atoms with E-state index >= 15 is 0 Å². The van der Waals surface area contributed by atoms with Crippen LogP contribution in [-0.2, 0) is 38.5 Å². The molecule has 0 amide bonds. The molecule has 204 valence electrons. The van der Waals surface area contributed by atoms with Crippen LogP contribution in [0.25, 0.3) is 11.0 Å². The van der Waals surface area contributed by atoms with Crippen molar-refractivity contribution in [2.45, 2.75) is 42.8 Å². The number of hydrogen-bond acceptors (Lipinski definition) is 12. The molecule has 37 heavy (non-hydrogen) atoms. The lowest BCUT2D eigenvalue weighted by Crippen LogP contribution is -2.44. The van der Waals surface area contributed by atoms with Gasteiger partial charge in [-0.15, -0.1) is 0 Å². The Hall–Kier alpha value is -1.33. The highest BCUT2D eigenvalue weighted by atomic mass is 31.3. The zero-order valence-electron chi connectivity index (χ0n) is 18.6. The fourth-order valence-electron chi connectivity index (χ4n) is 3.83. The van der Waals surface area contributed by atoms with E-state index in [4.69, 9.17) is 26.9 Å². The van der Waals surface area contributed by atoms with E-state index in [1.165, 1.54) is 17.8 Å². The van der Waals surface area contributed by atoms with Gasteiger partial charge in [0.1, 0.15) is 29.8 Å². The van der Waals surface area contributed by atoms with Crippen LogP contribution in [0.3, 0.4) is 0 Å². The highest BCUT2D eigenvalue weighted by molar-refractivity contribution is 7.86. The molecule has 0 aliphatic carbocycles. The number of halogens is 2. The van der Waals surface area contributed by atoms with Crippen LogP contribution >= 0.6 is 22.7 Å². The number of aliphatic hydroxyl groups is 2. The Morgan fingerprint density at radius 1 is 1.32 bits per heavy atom. The van der Waals surface area contributed by atoms with Crippen molar-refractivity contribution >= 4 is 47.1 Å². The van der Waals surface area contributed by atoms with Crippen LogP contribution in [0.1, 0.15) is 18.7 Å². The molecule has 0 saturated carbocycles. The van der Waals surface area contributed by atoms with Crippen LogP contribution in [0.2, 0.25) is 0 Å². The van der Waals surface area contributed by atoms with Crippen molar-refractivity contribution in [2.75, 3.05) is 18.7 Å². The molecule has 4 heterocycles. The largest absolute Gasteiger partial charge is 0.444 e. The van der Waals surface area contributed by atoms with Crippen LogP contribution in [0.4, 0.5) is 14.6 Å². The predicted octanol–water partition coefficient (Wildman–Crippen LogP) is 0.563. The van der Waals surface area contributed by atoms with E-state index in [-0.39, 0.29) is 12.3 Å². The molecule has 2 aliphatic heterocycles. The van der Waals surface area contributed by atoms with Gasteiger partial charge in [-0.3, -0.25) is 18.5 Å². The zero-order valence-corrected chi connectivity index (χ0v) is 21.3. The molecule has 2 unspecified atom stereocenters. The predicted molar refractivity (Wildman–Crippen MR) is 119 cm³/mol. The summed E-state index contributed by atoms with van der Waals surface area (Å²) in [5, 5.41) is 16.5. The van der Waals surface area contributed by atoms with E-state index in [1.807, 2.05) is 0 Å². The minimum atomic E-state index is -6.63. The first-order chi connectivity index (χ1) is 16.9. The van der Waals surface area contributed by atoms with Gasteiger partial charge in [-0.05, 0) is 12.5 Å². The number of alkyl halides is 2. The van der Waals surface area contributed by atoms with Crippen LogP contribution in [-0.4, -0.2) is 83.4 Å². The summed E-state index contributed by atoms with van der Waals surface area (Å²) in [6.45, 7) is 0.451. The number of ether oxygens (including phenoxy) is 1. The van der Waals surface area contributed by atoms with Gasteiger partial charge in [-0.1, -0.05) is 0 Å². The topological polar surface area (TPSA) is 232 Å². The van der Waals surface area contributed by atoms with Crippen molar-refractivity contribution in [2.24, 2.45) is 0 Å². The van der Waals surface area contributed by atoms with Crippen molar-refractivity contribution in [3.63, 3.8) is 0 Å². The summed E-state index contributed by atoms with van der Waals surface area (Å²) in [7, 11) is -13.5. The molecular weight excluding hydrogens is 570 g/mol. The van der Waals surface area contributed by atoms with Crippen molar-refractivity contribution in [1.82, 2.24) is 14.5 Å². The van der Waals surface area contributed by atoms with Crippen LogP contribution in [0, 0.1) is 0 Å². The second-order valence-corrected chi connectivity index (χ2v) is 14.0. The minimum Gasteiger partial charge on any atom is -0.387 e. The Kier molecular flexibility index (Phi) is 7.29. The van der Waals surface area contributed by atoms with E-state index in [0.29, 0.717) is 23.2 Å². The van der Waals surface area contributed by atoms with Crippen LogP contribution in [0.5, 0.6) is 0 Å². The maximum Gasteiger partial charge on any atom is 0.444 e. The van der Waals surface area contributed by atoms with Gasteiger partial charge in [0.15, 0.2) is 12.0 Å². The van der Waals surface area contributed by atoms with Gasteiger partial charge in [-0.25, -0.2) is 19.8 Å². The summed E-state index contributed by atoms with van der Waals surface area (Å²) < 4.78 is 77.5. The number of nitrogens with one attached hydrogen (secondary N) is 1. The Bertz CT molecular complexity index is 1360. The summed E-state index contributed by atoms with van der Waals surface area (Å²) in [4.78, 5) is 40.1. The molecule has 2 aliphatic rings. The maximum absolute atomic E-state index is 13.6. The van der Waals surface area contributed by atoms with Gasteiger partial charge < -0.3 is 38.7 Å². The van der Waals surface area contributed by atoms with Crippen LogP contribution < -0.4 is 5.48 Å². The maximum atomic E-state index is 13.6. The second-order valence-electron chi connectivity index (χ2n) is 8.37. The molecule has 0 spiro atoms. The summed E-state index contributed by atoms with van der Waals surface area (Å²) >= 11 is 0. The van der Waals surface area contributed by atoms with Crippen molar-refractivity contribution in [3.8, 4) is 0 Å². The first-order valence-corrected chi connectivity index (χ1v) is 15.0.